The van der Waals surface area contributed by atoms with Gasteiger partial charge in [0.1, 0.15) is 16.7 Å². The van der Waals surface area contributed by atoms with E-state index in [1.165, 1.54) is 26.8 Å². The molecule has 0 radical (unpaired) electrons. The highest BCUT2D eigenvalue weighted by molar-refractivity contribution is 5.94. The number of ether oxygens (including phenoxy) is 3. The van der Waals surface area contributed by atoms with Crippen LogP contribution in [0.2, 0.25) is 0 Å². The molecule has 2 aromatic carbocycles. The molecule has 220 valence electrons. The van der Waals surface area contributed by atoms with Crippen LogP contribution in [0.3, 0.4) is 0 Å². The quantitative estimate of drug-likeness (QED) is 0.293. The normalized spacial score (nSPS) is 10.7. The van der Waals surface area contributed by atoms with Crippen LogP contribution in [0.25, 0.3) is 22.3 Å². The van der Waals surface area contributed by atoms with E-state index in [9.17, 15) is 19.2 Å². The van der Waals surface area contributed by atoms with Crippen LogP contribution >= 0.6 is 0 Å². The average molecular weight is 568 g/mol. The Balaban J connectivity index is 2.35. The van der Waals surface area contributed by atoms with E-state index >= 15 is 0 Å². The van der Waals surface area contributed by atoms with Crippen molar-refractivity contribution in [3.63, 3.8) is 0 Å². The Kier molecular flexibility index (Phi) is 10.7. The smallest absolute Gasteiger partial charge is 0.415 e. The van der Waals surface area contributed by atoms with Gasteiger partial charge in [0.15, 0.2) is 16.9 Å². The maximum absolute atomic E-state index is 13.6. The molecule has 0 aliphatic carbocycles. The summed E-state index contributed by atoms with van der Waals surface area (Å²) < 4.78 is 23.2. The molecular formula is C30H37N3O8. The minimum atomic E-state index is -0.782. The van der Waals surface area contributed by atoms with Crippen LogP contribution < -0.4 is 19.6 Å². The molecule has 0 saturated heterocycles. The predicted molar refractivity (Wildman–Crippen MR) is 155 cm³/mol. The maximum atomic E-state index is 13.6. The molecule has 3 amide bonds. The van der Waals surface area contributed by atoms with Crippen molar-refractivity contribution in [1.29, 1.82) is 0 Å². The zero-order valence-corrected chi connectivity index (χ0v) is 24.4. The van der Waals surface area contributed by atoms with E-state index in [0.29, 0.717) is 44.8 Å². The van der Waals surface area contributed by atoms with Gasteiger partial charge in [-0.1, -0.05) is 30.3 Å². The zero-order valence-electron chi connectivity index (χ0n) is 24.4. The molecule has 0 aliphatic rings. The number of rotatable bonds is 10. The number of carbonyl (C=O) groups excluding carboxylic acids is 3. The summed E-state index contributed by atoms with van der Waals surface area (Å²) in [6.45, 7) is 12.7. The first-order valence-electron chi connectivity index (χ1n) is 13.8. The SMILES string of the molecule is CCN(CC)C(=O)Oc1cc2oc(-c3ccccc3)cc(=O)c2c(OC(=O)N(CC)CC)c1OC(=O)N(CC)CC. The molecule has 1 heterocycles. The summed E-state index contributed by atoms with van der Waals surface area (Å²) in [4.78, 5) is 57.0. The first-order valence-corrected chi connectivity index (χ1v) is 13.8. The van der Waals surface area contributed by atoms with Crippen LogP contribution in [0.4, 0.5) is 14.4 Å². The van der Waals surface area contributed by atoms with Gasteiger partial charge in [0.2, 0.25) is 5.75 Å². The van der Waals surface area contributed by atoms with Crippen molar-refractivity contribution in [2.24, 2.45) is 0 Å². The molecule has 0 bridgehead atoms. The first-order chi connectivity index (χ1) is 19.7. The van der Waals surface area contributed by atoms with Crippen LogP contribution in [0, 0.1) is 0 Å². The van der Waals surface area contributed by atoms with Crippen molar-refractivity contribution in [1.82, 2.24) is 14.7 Å². The third kappa shape index (κ3) is 6.97. The predicted octanol–water partition coefficient (Wildman–Crippen LogP) is 5.98. The molecule has 3 rings (SSSR count). The van der Waals surface area contributed by atoms with Gasteiger partial charge >= 0.3 is 18.3 Å². The highest BCUT2D eigenvalue weighted by Crippen LogP contribution is 2.44. The van der Waals surface area contributed by atoms with Crippen molar-refractivity contribution in [3.8, 4) is 28.6 Å². The molecule has 0 aliphatic heterocycles. The van der Waals surface area contributed by atoms with Gasteiger partial charge in [-0.2, -0.15) is 0 Å². The fourth-order valence-electron chi connectivity index (χ4n) is 4.17. The second-order valence-corrected chi connectivity index (χ2v) is 8.87. The number of amides is 3. The zero-order chi connectivity index (χ0) is 30.1. The van der Waals surface area contributed by atoms with Crippen LogP contribution in [-0.4, -0.2) is 72.2 Å². The van der Waals surface area contributed by atoms with E-state index in [4.69, 9.17) is 18.6 Å². The fourth-order valence-corrected chi connectivity index (χ4v) is 4.17. The summed E-state index contributed by atoms with van der Waals surface area (Å²) in [6, 6.07) is 11.5. The van der Waals surface area contributed by atoms with Crippen molar-refractivity contribution in [2.45, 2.75) is 41.5 Å². The monoisotopic (exact) mass is 567 g/mol. The maximum Gasteiger partial charge on any atom is 0.415 e. The Hall–Kier alpha value is -4.54. The van der Waals surface area contributed by atoms with Crippen LogP contribution in [0.15, 0.2) is 51.7 Å². The molecule has 11 nitrogen and oxygen atoms in total. The van der Waals surface area contributed by atoms with Crippen LogP contribution in [-0.2, 0) is 0 Å². The first kappa shape index (κ1) is 31.0. The van der Waals surface area contributed by atoms with Crippen LogP contribution in [0.1, 0.15) is 41.5 Å². The Morgan fingerprint density at radius 1 is 0.659 bits per heavy atom. The fraction of sp³-hybridized carbons (Fsp3) is 0.400. The van der Waals surface area contributed by atoms with E-state index in [0.717, 1.165) is 0 Å². The lowest BCUT2D eigenvalue weighted by atomic mass is 10.1. The van der Waals surface area contributed by atoms with E-state index in [-0.39, 0.29) is 34.0 Å². The van der Waals surface area contributed by atoms with E-state index in [1.807, 2.05) is 6.07 Å². The molecule has 41 heavy (non-hydrogen) atoms. The van der Waals surface area contributed by atoms with Crippen LogP contribution in [0.5, 0.6) is 17.2 Å². The standard InChI is InChI=1S/C30H37N3O8/c1-7-31(8-2)28(35)39-24-19-23-25(21(34)18-22(38-23)20-16-14-13-15-17-20)27(41-30(37)33(11-5)12-6)26(24)40-29(36)32(9-3)10-4/h13-19H,7-12H2,1-6H3. The summed E-state index contributed by atoms with van der Waals surface area (Å²) in [5, 5.41) is -0.143. The third-order valence-electron chi connectivity index (χ3n) is 6.59. The number of hydrogen-bond acceptors (Lipinski definition) is 8. The summed E-state index contributed by atoms with van der Waals surface area (Å²) in [6.07, 6.45) is -2.29. The lowest BCUT2D eigenvalue weighted by Gasteiger charge is -2.24. The van der Waals surface area contributed by atoms with Gasteiger partial charge in [-0.15, -0.1) is 0 Å². The number of nitrogens with zero attached hydrogens (tertiary/aromatic N) is 3. The Morgan fingerprint density at radius 3 is 1.61 bits per heavy atom. The molecule has 0 spiro atoms. The highest BCUT2D eigenvalue weighted by Gasteiger charge is 2.30. The lowest BCUT2D eigenvalue weighted by molar-refractivity contribution is 0.141. The molecule has 1 aromatic heterocycles. The van der Waals surface area contributed by atoms with Crippen molar-refractivity contribution >= 4 is 29.2 Å². The third-order valence-corrected chi connectivity index (χ3v) is 6.59. The Morgan fingerprint density at radius 2 is 1.12 bits per heavy atom. The molecule has 3 aromatic rings. The number of benzene rings is 2. The second-order valence-electron chi connectivity index (χ2n) is 8.87. The topological polar surface area (TPSA) is 119 Å². The highest BCUT2D eigenvalue weighted by atomic mass is 16.6. The van der Waals surface area contributed by atoms with Gasteiger partial charge in [0.25, 0.3) is 0 Å². The largest absolute Gasteiger partial charge is 0.456 e. The number of fused-ring (bicyclic) bond motifs is 1. The van der Waals surface area contributed by atoms with E-state index in [1.54, 1.807) is 65.8 Å². The second kappa shape index (κ2) is 14.2. The van der Waals surface area contributed by atoms with Gasteiger partial charge in [-0.25, -0.2) is 14.4 Å². The molecule has 0 N–H and O–H groups in total. The van der Waals surface area contributed by atoms with Crippen molar-refractivity contribution in [2.75, 3.05) is 39.3 Å². The number of hydrogen-bond donors (Lipinski definition) is 0. The average Bonchev–Trinajstić information content (AvgIpc) is 2.96. The van der Waals surface area contributed by atoms with E-state index in [2.05, 4.69) is 0 Å². The Labute approximate surface area is 239 Å². The summed E-state index contributed by atoms with van der Waals surface area (Å²) in [5.74, 6) is -0.755. The van der Waals surface area contributed by atoms with Gasteiger partial charge in [0, 0.05) is 57.0 Å². The summed E-state index contributed by atoms with van der Waals surface area (Å²) in [7, 11) is 0. The molecule has 0 fully saturated rings. The lowest BCUT2D eigenvalue weighted by Crippen LogP contribution is -2.35. The van der Waals surface area contributed by atoms with Gasteiger partial charge in [-0.3, -0.25) is 4.79 Å². The summed E-state index contributed by atoms with van der Waals surface area (Å²) in [5.41, 5.74) is 0.0600. The minimum Gasteiger partial charge on any atom is -0.456 e. The molecule has 0 saturated carbocycles. The van der Waals surface area contributed by atoms with Gasteiger partial charge < -0.3 is 33.3 Å². The Bertz CT molecular complexity index is 1430. The van der Waals surface area contributed by atoms with E-state index < -0.39 is 23.7 Å². The minimum absolute atomic E-state index is 0.0244. The van der Waals surface area contributed by atoms with Gasteiger partial charge in [-0.05, 0) is 41.5 Å². The molecule has 11 heteroatoms. The molecular weight excluding hydrogens is 530 g/mol. The summed E-state index contributed by atoms with van der Waals surface area (Å²) >= 11 is 0. The van der Waals surface area contributed by atoms with Gasteiger partial charge in [0.05, 0.1) is 0 Å². The van der Waals surface area contributed by atoms with Crippen molar-refractivity contribution < 1.29 is 33.0 Å². The number of carbonyl (C=O) groups is 3. The van der Waals surface area contributed by atoms with Crippen molar-refractivity contribution in [3.05, 3.63) is 52.7 Å². The molecule has 0 atom stereocenters. The molecule has 0 unspecified atom stereocenters.